The largest absolute Gasteiger partial charge is 0.493 e. The molecule has 0 aromatic heterocycles. The highest BCUT2D eigenvalue weighted by atomic mass is 19.1. The number of rotatable bonds is 4. The Balaban J connectivity index is 1.84. The number of halogens is 1. The first-order valence-electron chi connectivity index (χ1n) is 6.75. The summed E-state index contributed by atoms with van der Waals surface area (Å²) in [6.45, 7) is 0.126. The highest BCUT2D eigenvalue weighted by Crippen LogP contribution is 2.35. The highest BCUT2D eigenvalue weighted by Gasteiger charge is 2.18. The van der Waals surface area contributed by atoms with Crippen LogP contribution in [0.5, 0.6) is 23.0 Å². The topological polar surface area (TPSA) is 66.0 Å². The van der Waals surface area contributed by atoms with Crippen LogP contribution in [0.15, 0.2) is 30.3 Å². The fraction of sp³-hybridized carbons (Fsp3) is 0.188. The maximum atomic E-state index is 13.9. The fourth-order valence-electron chi connectivity index (χ4n) is 2.23. The second-order valence-corrected chi connectivity index (χ2v) is 4.72. The molecule has 0 radical (unpaired) electrons. The van der Waals surface area contributed by atoms with Crippen molar-refractivity contribution in [3.8, 4) is 23.0 Å². The van der Waals surface area contributed by atoms with Gasteiger partial charge in [0.1, 0.15) is 0 Å². The molecular formula is C16H14FNO5. The number of fused-ring (bicyclic) bond motifs is 1. The molecule has 0 bridgehead atoms. The summed E-state index contributed by atoms with van der Waals surface area (Å²) in [7, 11) is 2.73. The van der Waals surface area contributed by atoms with Crippen molar-refractivity contribution >= 4 is 11.6 Å². The Hall–Kier alpha value is -2.96. The van der Waals surface area contributed by atoms with Gasteiger partial charge in [-0.15, -0.1) is 0 Å². The third-order valence-corrected chi connectivity index (χ3v) is 3.33. The maximum Gasteiger partial charge on any atom is 0.255 e. The van der Waals surface area contributed by atoms with Crippen LogP contribution >= 0.6 is 0 Å². The number of methoxy groups -OCH3 is 2. The Bertz CT molecular complexity index is 762. The lowest BCUT2D eigenvalue weighted by atomic mass is 10.2. The molecule has 7 heteroatoms. The summed E-state index contributed by atoms with van der Waals surface area (Å²) in [4.78, 5) is 12.3. The molecule has 0 fully saturated rings. The van der Waals surface area contributed by atoms with E-state index in [9.17, 15) is 9.18 Å². The van der Waals surface area contributed by atoms with E-state index >= 15 is 0 Å². The average molecular weight is 319 g/mol. The van der Waals surface area contributed by atoms with Gasteiger partial charge in [-0.25, -0.2) is 4.39 Å². The molecule has 0 saturated heterocycles. The number of amides is 1. The van der Waals surface area contributed by atoms with Gasteiger partial charge < -0.3 is 24.3 Å². The van der Waals surface area contributed by atoms with Gasteiger partial charge in [0.05, 0.1) is 14.2 Å². The molecule has 2 aromatic carbocycles. The number of anilines is 1. The molecule has 2 aromatic rings. The number of ether oxygens (including phenoxy) is 4. The van der Waals surface area contributed by atoms with E-state index in [0.29, 0.717) is 17.1 Å². The molecule has 0 unspecified atom stereocenters. The second-order valence-electron chi connectivity index (χ2n) is 4.72. The summed E-state index contributed by atoms with van der Waals surface area (Å²) in [6.07, 6.45) is 0. The van der Waals surface area contributed by atoms with Crippen molar-refractivity contribution in [1.82, 2.24) is 0 Å². The fourth-order valence-corrected chi connectivity index (χ4v) is 2.23. The lowest BCUT2D eigenvalue weighted by Crippen LogP contribution is -2.12. The summed E-state index contributed by atoms with van der Waals surface area (Å²) < 4.78 is 34.3. The van der Waals surface area contributed by atoms with E-state index in [2.05, 4.69) is 5.32 Å². The summed E-state index contributed by atoms with van der Waals surface area (Å²) in [6, 6.07) is 7.44. The van der Waals surface area contributed by atoms with Crippen LogP contribution in [0, 0.1) is 5.82 Å². The molecule has 1 N–H and O–H groups in total. The van der Waals surface area contributed by atoms with Crippen molar-refractivity contribution in [2.45, 2.75) is 0 Å². The van der Waals surface area contributed by atoms with Crippen molar-refractivity contribution in [1.29, 1.82) is 0 Å². The van der Waals surface area contributed by atoms with Gasteiger partial charge in [-0.2, -0.15) is 0 Å². The molecule has 23 heavy (non-hydrogen) atoms. The van der Waals surface area contributed by atoms with Crippen LogP contribution < -0.4 is 24.3 Å². The van der Waals surface area contributed by atoms with Crippen LogP contribution in [-0.2, 0) is 0 Å². The summed E-state index contributed by atoms with van der Waals surface area (Å²) in [5.74, 6) is 0.208. The van der Waals surface area contributed by atoms with Crippen molar-refractivity contribution in [3.05, 3.63) is 41.7 Å². The summed E-state index contributed by atoms with van der Waals surface area (Å²) in [5.41, 5.74) is 0.618. The van der Waals surface area contributed by atoms with Crippen LogP contribution in [0.1, 0.15) is 10.4 Å². The molecular weight excluding hydrogens is 305 g/mol. The lowest BCUT2D eigenvalue weighted by Gasteiger charge is -2.12. The number of hydrogen-bond acceptors (Lipinski definition) is 5. The van der Waals surface area contributed by atoms with Crippen LogP contribution in [0.3, 0.4) is 0 Å². The number of hydrogen-bond donors (Lipinski definition) is 1. The predicted molar refractivity (Wildman–Crippen MR) is 80.0 cm³/mol. The molecule has 0 spiro atoms. The third-order valence-electron chi connectivity index (χ3n) is 3.33. The zero-order valence-corrected chi connectivity index (χ0v) is 12.5. The van der Waals surface area contributed by atoms with Gasteiger partial charge in [-0.05, 0) is 18.2 Å². The van der Waals surface area contributed by atoms with Gasteiger partial charge >= 0.3 is 0 Å². The monoisotopic (exact) mass is 319 g/mol. The molecule has 120 valence electrons. The van der Waals surface area contributed by atoms with E-state index in [1.807, 2.05) is 0 Å². The van der Waals surface area contributed by atoms with E-state index in [-0.39, 0.29) is 24.0 Å². The average Bonchev–Trinajstić information content (AvgIpc) is 3.01. The van der Waals surface area contributed by atoms with Gasteiger partial charge in [0.25, 0.3) is 5.91 Å². The van der Waals surface area contributed by atoms with Crippen LogP contribution in [0.25, 0.3) is 0 Å². The van der Waals surface area contributed by atoms with Crippen molar-refractivity contribution < 1.29 is 28.1 Å². The van der Waals surface area contributed by atoms with E-state index in [0.717, 1.165) is 6.07 Å². The van der Waals surface area contributed by atoms with Crippen molar-refractivity contribution in [3.63, 3.8) is 0 Å². The van der Waals surface area contributed by atoms with Crippen LogP contribution in [0.4, 0.5) is 10.1 Å². The summed E-state index contributed by atoms with van der Waals surface area (Å²) >= 11 is 0. The zero-order chi connectivity index (χ0) is 16.4. The van der Waals surface area contributed by atoms with Gasteiger partial charge in [-0.3, -0.25) is 4.79 Å². The first kappa shape index (κ1) is 15.0. The maximum absolute atomic E-state index is 13.9. The summed E-state index contributed by atoms with van der Waals surface area (Å²) in [5, 5.41) is 2.61. The molecule has 6 nitrogen and oxygen atoms in total. The first-order valence-corrected chi connectivity index (χ1v) is 6.75. The molecule has 1 amide bonds. The Morgan fingerprint density at radius 2 is 1.91 bits per heavy atom. The van der Waals surface area contributed by atoms with Gasteiger partial charge in [-0.1, -0.05) is 0 Å². The Kier molecular flexibility index (Phi) is 3.92. The van der Waals surface area contributed by atoms with Crippen LogP contribution in [0.2, 0.25) is 0 Å². The van der Waals surface area contributed by atoms with E-state index in [1.165, 1.54) is 20.3 Å². The lowest BCUT2D eigenvalue weighted by molar-refractivity contribution is 0.102. The molecule has 0 atom stereocenters. The minimum absolute atomic E-state index is 0.0198. The van der Waals surface area contributed by atoms with Crippen molar-refractivity contribution in [2.75, 3.05) is 26.3 Å². The van der Waals surface area contributed by atoms with Gasteiger partial charge in [0.15, 0.2) is 28.8 Å². The first-order chi connectivity index (χ1) is 11.1. The number of nitrogens with one attached hydrogen (secondary N) is 1. The second kappa shape index (κ2) is 6.04. The Morgan fingerprint density at radius 1 is 1.13 bits per heavy atom. The minimum Gasteiger partial charge on any atom is -0.493 e. The molecule has 1 heterocycles. The SMILES string of the molecule is COc1cc(NC(=O)c2ccc3c(c2)OCO3)cc(F)c1OC. The molecule has 1 aliphatic rings. The van der Waals surface area contributed by atoms with Gasteiger partial charge in [0.2, 0.25) is 6.79 Å². The molecule has 1 aliphatic heterocycles. The molecule has 3 rings (SSSR count). The Labute approximate surface area is 131 Å². The third kappa shape index (κ3) is 2.85. The van der Waals surface area contributed by atoms with Crippen LogP contribution in [-0.4, -0.2) is 26.9 Å². The quantitative estimate of drug-likeness (QED) is 0.938. The highest BCUT2D eigenvalue weighted by molar-refractivity contribution is 6.04. The predicted octanol–water partition coefficient (Wildman–Crippen LogP) is 2.82. The zero-order valence-electron chi connectivity index (χ0n) is 12.5. The molecule has 0 aliphatic carbocycles. The Morgan fingerprint density at radius 3 is 2.65 bits per heavy atom. The number of benzene rings is 2. The number of carbonyl (C=O) groups is 1. The molecule has 0 saturated carbocycles. The van der Waals surface area contributed by atoms with E-state index in [4.69, 9.17) is 18.9 Å². The van der Waals surface area contributed by atoms with Gasteiger partial charge in [0, 0.05) is 23.4 Å². The standard InChI is InChI=1S/C16H14FNO5/c1-20-14-7-10(6-11(17)15(14)21-2)18-16(19)9-3-4-12-13(5-9)23-8-22-12/h3-7H,8H2,1-2H3,(H,18,19). The smallest absolute Gasteiger partial charge is 0.255 e. The van der Waals surface area contributed by atoms with Crippen molar-refractivity contribution in [2.24, 2.45) is 0 Å². The minimum atomic E-state index is -0.632. The van der Waals surface area contributed by atoms with E-state index in [1.54, 1.807) is 18.2 Å². The normalized spacial score (nSPS) is 12.0. The number of carbonyl (C=O) groups excluding carboxylic acids is 1. The van der Waals surface area contributed by atoms with E-state index < -0.39 is 11.7 Å².